The lowest BCUT2D eigenvalue weighted by Crippen LogP contribution is -1.72. The molecule has 0 aliphatic rings. The Hall–Kier alpha value is -1.06. The first-order chi connectivity index (χ1) is 3.41. The molecule has 0 aromatic rings. The van der Waals surface area contributed by atoms with Crippen molar-refractivity contribution in [2.45, 2.75) is 6.42 Å². The first-order valence-corrected chi connectivity index (χ1v) is 1.89. The first kappa shape index (κ1) is 5.94. The molecular weight excluding hydrogens is 90.1 g/mol. The van der Waals surface area contributed by atoms with Crippen LogP contribution in [-0.4, -0.2) is 12.6 Å². The first-order valence-electron chi connectivity index (χ1n) is 1.89. The van der Waals surface area contributed by atoms with Gasteiger partial charge in [0.05, 0.1) is 6.54 Å². The molecule has 0 N–H and O–H groups in total. The number of rotatable bonds is 2. The second-order valence-electron chi connectivity index (χ2n) is 0.927. The summed E-state index contributed by atoms with van der Waals surface area (Å²) in [4.78, 5) is 12.5. The van der Waals surface area contributed by atoms with Crippen molar-refractivity contribution >= 4 is 6.08 Å². The van der Waals surface area contributed by atoms with E-state index in [1.54, 1.807) is 0 Å². The average molecular weight is 95.1 g/mol. The van der Waals surface area contributed by atoms with Gasteiger partial charge in [0, 0.05) is 6.42 Å². The summed E-state index contributed by atoms with van der Waals surface area (Å²) in [5, 5.41) is 0. The molecule has 2 nitrogen and oxygen atoms in total. The van der Waals surface area contributed by atoms with E-state index in [2.05, 4.69) is 10.9 Å². The zero-order valence-electron chi connectivity index (χ0n) is 3.85. The molecule has 0 spiro atoms. The van der Waals surface area contributed by atoms with E-state index in [0.29, 0.717) is 13.0 Å². The van der Waals surface area contributed by atoms with Crippen molar-refractivity contribution in [1.29, 1.82) is 0 Å². The third-order valence-corrected chi connectivity index (χ3v) is 0.432. The SMILES string of the molecule is C#CCCN=C=O. The molecule has 0 aliphatic heterocycles. The molecule has 0 aromatic heterocycles. The highest BCUT2D eigenvalue weighted by Gasteiger charge is 1.70. The average Bonchev–Trinajstić information content (AvgIpc) is 1.69. The predicted octanol–water partition coefficient (Wildman–Crippen LogP) is 0.346. The molecule has 0 radical (unpaired) electrons. The third kappa shape index (κ3) is 4.94. The maximum atomic E-state index is 9.32. The Morgan fingerprint density at radius 1 is 1.71 bits per heavy atom. The van der Waals surface area contributed by atoms with Crippen LogP contribution in [0.25, 0.3) is 0 Å². The molecule has 2 heteroatoms. The van der Waals surface area contributed by atoms with Gasteiger partial charge in [-0.15, -0.1) is 12.3 Å². The minimum Gasteiger partial charge on any atom is -0.211 e. The fourth-order valence-electron chi connectivity index (χ4n) is 0.166. The van der Waals surface area contributed by atoms with Crippen LogP contribution in [0.4, 0.5) is 0 Å². The van der Waals surface area contributed by atoms with Crippen LogP contribution in [0.1, 0.15) is 6.42 Å². The summed E-state index contributed by atoms with van der Waals surface area (Å²) in [7, 11) is 0. The van der Waals surface area contributed by atoms with Crippen LogP contribution in [0, 0.1) is 12.3 Å². The van der Waals surface area contributed by atoms with Crippen LogP contribution in [0.3, 0.4) is 0 Å². The maximum absolute atomic E-state index is 9.32. The molecule has 0 saturated heterocycles. The quantitative estimate of drug-likeness (QED) is 0.210. The molecule has 0 rings (SSSR count). The minimum atomic E-state index is 0.403. The fraction of sp³-hybridized carbons (Fsp3) is 0.400. The van der Waals surface area contributed by atoms with E-state index in [1.165, 1.54) is 6.08 Å². The summed E-state index contributed by atoms with van der Waals surface area (Å²) in [6.07, 6.45) is 6.73. The normalized spacial score (nSPS) is 6.14. The molecule has 0 aliphatic carbocycles. The number of carbonyl (C=O) groups excluding carboxylic acids is 1. The summed E-state index contributed by atoms with van der Waals surface area (Å²) in [5.74, 6) is 2.33. The van der Waals surface area contributed by atoms with Crippen molar-refractivity contribution in [3.05, 3.63) is 0 Å². The van der Waals surface area contributed by atoms with E-state index in [9.17, 15) is 4.79 Å². The highest BCUT2D eigenvalue weighted by Crippen LogP contribution is 1.71. The Labute approximate surface area is 42.3 Å². The largest absolute Gasteiger partial charge is 0.234 e. The van der Waals surface area contributed by atoms with Crippen LogP contribution >= 0.6 is 0 Å². The van der Waals surface area contributed by atoms with Crippen molar-refractivity contribution in [1.82, 2.24) is 0 Å². The van der Waals surface area contributed by atoms with Gasteiger partial charge in [0.15, 0.2) is 0 Å². The Morgan fingerprint density at radius 2 is 2.43 bits per heavy atom. The minimum absolute atomic E-state index is 0.403. The molecule has 7 heavy (non-hydrogen) atoms. The number of hydrogen-bond donors (Lipinski definition) is 0. The molecule has 0 atom stereocenters. The maximum Gasteiger partial charge on any atom is 0.234 e. The molecular formula is C5H5NO. The predicted molar refractivity (Wildman–Crippen MR) is 26.4 cm³/mol. The summed E-state index contributed by atoms with van der Waals surface area (Å²) in [6.45, 7) is 0.403. The molecule has 0 amide bonds. The van der Waals surface area contributed by atoms with E-state index < -0.39 is 0 Å². The molecule has 0 fully saturated rings. The van der Waals surface area contributed by atoms with Crippen LogP contribution in [0.5, 0.6) is 0 Å². The van der Waals surface area contributed by atoms with Gasteiger partial charge in [0.1, 0.15) is 0 Å². The Bertz CT molecular complexity index is 117. The van der Waals surface area contributed by atoms with Gasteiger partial charge in [-0.3, -0.25) is 0 Å². The summed E-state index contributed by atoms with van der Waals surface area (Å²) in [6, 6.07) is 0. The van der Waals surface area contributed by atoms with Crippen LogP contribution in [0.15, 0.2) is 4.99 Å². The highest BCUT2D eigenvalue weighted by molar-refractivity contribution is 5.32. The van der Waals surface area contributed by atoms with Gasteiger partial charge < -0.3 is 0 Å². The zero-order valence-corrected chi connectivity index (χ0v) is 3.85. The number of isocyanates is 1. The van der Waals surface area contributed by atoms with Gasteiger partial charge in [-0.05, 0) is 0 Å². The van der Waals surface area contributed by atoms with E-state index in [-0.39, 0.29) is 0 Å². The number of hydrogen-bond acceptors (Lipinski definition) is 2. The molecule has 36 valence electrons. The third-order valence-electron chi connectivity index (χ3n) is 0.432. The Kier molecular flexibility index (Phi) is 4.19. The standard InChI is InChI=1S/C5H5NO/c1-2-3-4-6-5-7/h1H,3-4H2. The van der Waals surface area contributed by atoms with Crippen molar-refractivity contribution in [2.24, 2.45) is 4.99 Å². The van der Waals surface area contributed by atoms with Gasteiger partial charge in [-0.25, -0.2) is 9.79 Å². The molecule has 0 unspecified atom stereocenters. The Morgan fingerprint density at radius 3 is 2.86 bits per heavy atom. The lowest BCUT2D eigenvalue weighted by molar-refractivity contribution is 0.563. The van der Waals surface area contributed by atoms with E-state index in [4.69, 9.17) is 6.42 Å². The number of terminal acetylenes is 1. The molecule has 0 aromatic carbocycles. The van der Waals surface area contributed by atoms with Gasteiger partial charge in [-0.1, -0.05) is 0 Å². The van der Waals surface area contributed by atoms with Crippen molar-refractivity contribution in [2.75, 3.05) is 6.54 Å². The van der Waals surface area contributed by atoms with Crippen LogP contribution in [-0.2, 0) is 4.79 Å². The fourth-order valence-corrected chi connectivity index (χ4v) is 0.166. The topological polar surface area (TPSA) is 29.4 Å². The molecule has 0 saturated carbocycles. The van der Waals surface area contributed by atoms with Gasteiger partial charge in [0.25, 0.3) is 0 Å². The van der Waals surface area contributed by atoms with E-state index >= 15 is 0 Å². The lowest BCUT2D eigenvalue weighted by Gasteiger charge is -1.72. The second-order valence-corrected chi connectivity index (χ2v) is 0.927. The van der Waals surface area contributed by atoms with Crippen molar-refractivity contribution in [3.63, 3.8) is 0 Å². The molecule has 0 heterocycles. The highest BCUT2D eigenvalue weighted by atomic mass is 16.1. The van der Waals surface area contributed by atoms with Crippen molar-refractivity contribution < 1.29 is 4.79 Å². The van der Waals surface area contributed by atoms with Gasteiger partial charge >= 0.3 is 0 Å². The van der Waals surface area contributed by atoms with Crippen molar-refractivity contribution in [3.8, 4) is 12.3 Å². The van der Waals surface area contributed by atoms with Crippen LogP contribution < -0.4 is 0 Å². The number of nitrogens with zero attached hydrogens (tertiary/aromatic N) is 1. The van der Waals surface area contributed by atoms with Crippen LogP contribution in [0.2, 0.25) is 0 Å². The Balaban J connectivity index is 3.03. The summed E-state index contributed by atoms with van der Waals surface area (Å²) in [5.41, 5.74) is 0. The second kappa shape index (κ2) is 4.94. The number of aliphatic imine (C=N–C) groups is 1. The van der Waals surface area contributed by atoms with Gasteiger partial charge in [0.2, 0.25) is 6.08 Å². The van der Waals surface area contributed by atoms with E-state index in [0.717, 1.165) is 0 Å². The molecule has 0 bridgehead atoms. The monoisotopic (exact) mass is 95.0 g/mol. The van der Waals surface area contributed by atoms with Gasteiger partial charge in [-0.2, -0.15) is 0 Å². The lowest BCUT2D eigenvalue weighted by atomic mass is 10.5. The summed E-state index contributed by atoms with van der Waals surface area (Å²) < 4.78 is 0. The van der Waals surface area contributed by atoms with E-state index in [1.807, 2.05) is 0 Å². The summed E-state index contributed by atoms with van der Waals surface area (Å²) >= 11 is 0. The smallest absolute Gasteiger partial charge is 0.211 e. The zero-order chi connectivity index (χ0) is 5.54.